The number of aryl methyl sites for hydroxylation is 1. The molecule has 6 nitrogen and oxygen atoms in total. The monoisotopic (exact) mass is 201 g/mol. The zero-order chi connectivity index (χ0) is 10.4. The van der Waals surface area contributed by atoms with Gasteiger partial charge in [0, 0.05) is 0 Å². The molecule has 0 spiro atoms. The average Bonchev–Trinajstić information content (AvgIpc) is 2.60. The molecule has 0 atom stereocenters. The Bertz CT molecular complexity index is 711. The lowest BCUT2D eigenvalue weighted by Crippen LogP contribution is -2.11. The van der Waals surface area contributed by atoms with Crippen LogP contribution < -0.4 is 5.69 Å². The van der Waals surface area contributed by atoms with Gasteiger partial charge >= 0.3 is 5.69 Å². The summed E-state index contributed by atoms with van der Waals surface area (Å²) in [6.07, 6.45) is 0. The standard InChI is InChI=1S/C9H7N5O/c1-5-2-3-7-6(4-5)10-11-8-12-13-9(15)14(7)8/h2-4H,1H3,(H,13,15). The summed E-state index contributed by atoms with van der Waals surface area (Å²) in [4.78, 5) is 11.5. The molecule has 0 aliphatic heterocycles. The molecule has 0 saturated heterocycles. The van der Waals surface area contributed by atoms with Crippen LogP contribution in [0.25, 0.3) is 16.8 Å². The fourth-order valence-electron chi connectivity index (χ4n) is 1.57. The SMILES string of the molecule is Cc1ccc2c(c1)nnc1n[nH]c(=O)n12. The van der Waals surface area contributed by atoms with E-state index in [1.54, 1.807) is 0 Å². The molecular formula is C9H7N5O. The Kier molecular flexibility index (Phi) is 1.42. The summed E-state index contributed by atoms with van der Waals surface area (Å²) < 4.78 is 1.40. The number of nitrogens with one attached hydrogen (secondary N) is 1. The molecule has 0 aliphatic rings. The second-order valence-electron chi connectivity index (χ2n) is 3.36. The van der Waals surface area contributed by atoms with Crippen molar-refractivity contribution in [3.05, 3.63) is 34.2 Å². The summed E-state index contributed by atoms with van der Waals surface area (Å²) in [6.45, 7) is 1.96. The Morgan fingerprint density at radius 3 is 3.07 bits per heavy atom. The van der Waals surface area contributed by atoms with Crippen LogP contribution in [-0.2, 0) is 0 Å². The van der Waals surface area contributed by atoms with E-state index in [1.807, 2.05) is 25.1 Å². The number of hydrogen-bond donors (Lipinski definition) is 1. The molecule has 0 unspecified atom stereocenters. The maximum Gasteiger partial charge on any atom is 0.349 e. The van der Waals surface area contributed by atoms with Gasteiger partial charge in [0.05, 0.1) is 5.52 Å². The maximum atomic E-state index is 11.5. The predicted molar refractivity (Wildman–Crippen MR) is 53.6 cm³/mol. The fraction of sp³-hybridized carbons (Fsp3) is 0.111. The first-order valence-electron chi connectivity index (χ1n) is 4.46. The van der Waals surface area contributed by atoms with Crippen molar-refractivity contribution in [3.8, 4) is 0 Å². The van der Waals surface area contributed by atoms with E-state index in [1.165, 1.54) is 4.40 Å². The van der Waals surface area contributed by atoms with Crippen LogP contribution in [0.4, 0.5) is 0 Å². The minimum atomic E-state index is -0.297. The summed E-state index contributed by atoms with van der Waals surface area (Å²) in [6, 6.07) is 5.63. The van der Waals surface area contributed by atoms with Gasteiger partial charge in [-0.2, -0.15) is 0 Å². The highest BCUT2D eigenvalue weighted by molar-refractivity contribution is 5.76. The highest BCUT2D eigenvalue weighted by atomic mass is 16.1. The number of hydrogen-bond acceptors (Lipinski definition) is 4. The summed E-state index contributed by atoms with van der Waals surface area (Å²) in [5.41, 5.74) is 2.18. The van der Waals surface area contributed by atoms with Gasteiger partial charge in [0.2, 0.25) is 0 Å². The molecule has 1 aromatic carbocycles. The van der Waals surface area contributed by atoms with E-state index >= 15 is 0 Å². The highest BCUT2D eigenvalue weighted by Crippen LogP contribution is 2.11. The van der Waals surface area contributed by atoms with Crippen molar-refractivity contribution in [2.24, 2.45) is 0 Å². The molecule has 15 heavy (non-hydrogen) atoms. The van der Waals surface area contributed by atoms with E-state index in [9.17, 15) is 4.79 Å². The molecule has 3 rings (SSSR count). The number of aromatic amines is 1. The van der Waals surface area contributed by atoms with Gasteiger partial charge in [0.25, 0.3) is 5.78 Å². The lowest BCUT2D eigenvalue weighted by Gasteiger charge is -1.98. The summed E-state index contributed by atoms with van der Waals surface area (Å²) in [5, 5.41) is 13.9. The molecule has 1 N–H and O–H groups in total. The van der Waals surface area contributed by atoms with Gasteiger partial charge in [0.1, 0.15) is 5.52 Å². The smallest absolute Gasteiger partial charge is 0.246 e. The van der Waals surface area contributed by atoms with Crippen LogP contribution in [-0.4, -0.2) is 24.8 Å². The number of rotatable bonds is 0. The van der Waals surface area contributed by atoms with E-state index in [0.717, 1.165) is 5.56 Å². The van der Waals surface area contributed by atoms with Crippen LogP contribution in [0.15, 0.2) is 23.0 Å². The molecule has 0 saturated carbocycles. The van der Waals surface area contributed by atoms with Crippen molar-refractivity contribution in [1.82, 2.24) is 24.8 Å². The molecule has 0 amide bonds. The van der Waals surface area contributed by atoms with Crippen LogP contribution in [0.2, 0.25) is 0 Å². The summed E-state index contributed by atoms with van der Waals surface area (Å²) in [5.74, 6) is 0.288. The second-order valence-corrected chi connectivity index (χ2v) is 3.36. The van der Waals surface area contributed by atoms with Crippen molar-refractivity contribution in [2.45, 2.75) is 6.92 Å². The highest BCUT2D eigenvalue weighted by Gasteiger charge is 2.06. The Balaban J connectivity index is 2.64. The minimum absolute atomic E-state index is 0.288. The number of fused-ring (bicyclic) bond motifs is 3. The Labute approximate surface area is 83.6 Å². The van der Waals surface area contributed by atoms with Gasteiger partial charge in [0.15, 0.2) is 0 Å². The van der Waals surface area contributed by atoms with E-state index in [2.05, 4.69) is 20.4 Å². The van der Waals surface area contributed by atoms with Gasteiger partial charge in [-0.05, 0) is 24.6 Å². The van der Waals surface area contributed by atoms with Crippen LogP contribution in [0.3, 0.4) is 0 Å². The van der Waals surface area contributed by atoms with Gasteiger partial charge in [-0.3, -0.25) is 0 Å². The number of nitrogens with zero attached hydrogens (tertiary/aromatic N) is 4. The fourth-order valence-corrected chi connectivity index (χ4v) is 1.57. The third-order valence-corrected chi connectivity index (χ3v) is 2.27. The summed E-state index contributed by atoms with van der Waals surface area (Å²) >= 11 is 0. The zero-order valence-corrected chi connectivity index (χ0v) is 7.93. The van der Waals surface area contributed by atoms with Gasteiger partial charge in [-0.15, -0.1) is 15.3 Å². The molecule has 0 bridgehead atoms. The largest absolute Gasteiger partial charge is 0.349 e. The number of H-pyrrole nitrogens is 1. The van der Waals surface area contributed by atoms with E-state index in [-0.39, 0.29) is 11.5 Å². The normalized spacial score (nSPS) is 11.3. The van der Waals surface area contributed by atoms with Crippen LogP contribution >= 0.6 is 0 Å². The first-order chi connectivity index (χ1) is 7.25. The molecule has 0 fully saturated rings. The molecule has 6 heteroatoms. The first kappa shape index (κ1) is 8.10. The molecule has 74 valence electrons. The molecule has 2 heterocycles. The van der Waals surface area contributed by atoms with Gasteiger partial charge in [-0.1, -0.05) is 6.07 Å². The lowest BCUT2D eigenvalue weighted by molar-refractivity contribution is 1.01. The quantitative estimate of drug-likeness (QED) is 0.566. The van der Waals surface area contributed by atoms with Crippen molar-refractivity contribution >= 4 is 16.8 Å². The molecule has 0 radical (unpaired) electrons. The van der Waals surface area contributed by atoms with Crippen molar-refractivity contribution in [1.29, 1.82) is 0 Å². The zero-order valence-electron chi connectivity index (χ0n) is 7.93. The third-order valence-electron chi connectivity index (χ3n) is 2.27. The minimum Gasteiger partial charge on any atom is -0.246 e. The molecule has 2 aromatic heterocycles. The first-order valence-corrected chi connectivity index (χ1v) is 4.46. The van der Waals surface area contributed by atoms with E-state index in [0.29, 0.717) is 11.0 Å². The maximum absolute atomic E-state index is 11.5. The Morgan fingerprint density at radius 2 is 2.20 bits per heavy atom. The second kappa shape index (κ2) is 2.63. The third kappa shape index (κ3) is 1.04. The van der Waals surface area contributed by atoms with E-state index < -0.39 is 0 Å². The molecular weight excluding hydrogens is 194 g/mol. The van der Waals surface area contributed by atoms with Crippen LogP contribution in [0, 0.1) is 6.92 Å². The topological polar surface area (TPSA) is 75.9 Å². The Hall–Kier alpha value is -2.24. The van der Waals surface area contributed by atoms with Gasteiger partial charge < -0.3 is 0 Å². The number of benzene rings is 1. The van der Waals surface area contributed by atoms with Crippen molar-refractivity contribution in [3.63, 3.8) is 0 Å². The average molecular weight is 201 g/mol. The predicted octanol–water partition coefficient (Wildman–Crippen LogP) is 0.274. The van der Waals surface area contributed by atoms with Crippen molar-refractivity contribution in [2.75, 3.05) is 0 Å². The van der Waals surface area contributed by atoms with Gasteiger partial charge in [-0.25, -0.2) is 14.3 Å². The summed E-state index contributed by atoms with van der Waals surface area (Å²) in [7, 11) is 0. The molecule has 3 aromatic rings. The van der Waals surface area contributed by atoms with E-state index in [4.69, 9.17) is 0 Å². The van der Waals surface area contributed by atoms with Crippen LogP contribution in [0.5, 0.6) is 0 Å². The van der Waals surface area contributed by atoms with Crippen molar-refractivity contribution < 1.29 is 0 Å². The van der Waals surface area contributed by atoms with Crippen LogP contribution in [0.1, 0.15) is 5.56 Å². The lowest BCUT2D eigenvalue weighted by atomic mass is 10.2. The number of aromatic nitrogens is 5. The Morgan fingerprint density at radius 1 is 1.33 bits per heavy atom. The molecule has 0 aliphatic carbocycles.